The molecule has 0 spiro atoms. The number of amides is 1. The maximum atomic E-state index is 16.1. The van der Waals surface area contributed by atoms with Crippen molar-refractivity contribution in [2.75, 3.05) is 20.6 Å². The molecule has 0 aromatic heterocycles. The van der Waals surface area contributed by atoms with Crippen molar-refractivity contribution in [2.24, 2.45) is 17.6 Å². The van der Waals surface area contributed by atoms with Crippen molar-refractivity contribution in [2.45, 2.75) is 69.7 Å². The number of hydrogen-bond acceptors (Lipinski definition) is 9. The van der Waals surface area contributed by atoms with E-state index in [-0.39, 0.29) is 47.2 Å². The van der Waals surface area contributed by atoms with Gasteiger partial charge in [-0.05, 0) is 72.2 Å². The molecule has 1 aliphatic heterocycles. The number of primary amides is 1. The smallest absolute Gasteiger partial charge is 0.255 e. The van der Waals surface area contributed by atoms with Crippen LogP contribution in [0.4, 0.5) is 4.39 Å². The first-order valence-electron chi connectivity index (χ1n) is 13.6. The highest BCUT2D eigenvalue weighted by Gasteiger charge is 2.63. The van der Waals surface area contributed by atoms with Crippen LogP contribution >= 0.6 is 0 Å². The first-order chi connectivity index (χ1) is 18.6. The van der Waals surface area contributed by atoms with Crippen LogP contribution in [0.5, 0.6) is 5.75 Å². The Bertz CT molecular complexity index is 1400. The SMILES string of the molecule is CN(C)[C@@H]1C(O)=C(C(N)=O)C(=O)[C@@]2(O)C(O)=C3C(=O)c4c(O)cc(CN5CCCCC5(C)C)c(F)c4C[C@H]3C[C@@H]12. The number of phenolic OH excluding ortho intramolecular Hbond substituents is 1. The maximum Gasteiger partial charge on any atom is 0.255 e. The summed E-state index contributed by atoms with van der Waals surface area (Å²) in [5.74, 6) is -8.14. The number of aromatic hydroxyl groups is 1. The number of nitrogens with zero attached hydrogens (tertiary/aromatic N) is 2. The zero-order chi connectivity index (χ0) is 29.5. The van der Waals surface area contributed by atoms with Crippen LogP contribution in [0.15, 0.2) is 28.7 Å². The quantitative estimate of drug-likeness (QED) is 0.348. The Labute approximate surface area is 231 Å². The number of rotatable bonds is 4. The zero-order valence-electron chi connectivity index (χ0n) is 23.1. The molecular formula is C29H36FN3O7. The van der Waals surface area contributed by atoms with Gasteiger partial charge in [0, 0.05) is 34.7 Å². The lowest BCUT2D eigenvalue weighted by molar-refractivity contribution is -0.148. The summed E-state index contributed by atoms with van der Waals surface area (Å²) in [6.07, 6.45) is 2.84. The number of nitrogens with two attached hydrogens (primary N) is 1. The van der Waals surface area contributed by atoms with Crippen LogP contribution in [-0.4, -0.2) is 85.5 Å². The lowest BCUT2D eigenvalue weighted by atomic mass is 9.58. The van der Waals surface area contributed by atoms with Gasteiger partial charge in [-0.2, -0.15) is 0 Å². The molecule has 1 aromatic carbocycles. The van der Waals surface area contributed by atoms with Crippen molar-refractivity contribution in [1.82, 2.24) is 9.80 Å². The molecule has 1 saturated heterocycles. The molecular weight excluding hydrogens is 521 g/mol. The van der Waals surface area contributed by atoms with Gasteiger partial charge in [0.1, 0.15) is 28.7 Å². The third-order valence-corrected chi connectivity index (χ3v) is 9.41. The maximum absolute atomic E-state index is 16.1. The fourth-order valence-electron chi connectivity index (χ4n) is 7.29. The molecule has 1 aromatic rings. The van der Waals surface area contributed by atoms with E-state index in [9.17, 15) is 34.8 Å². The third kappa shape index (κ3) is 3.89. The van der Waals surface area contributed by atoms with Crippen molar-refractivity contribution in [3.05, 3.63) is 51.2 Å². The minimum Gasteiger partial charge on any atom is -0.510 e. The van der Waals surface area contributed by atoms with E-state index in [1.807, 2.05) is 0 Å². The highest BCUT2D eigenvalue weighted by atomic mass is 19.1. The summed E-state index contributed by atoms with van der Waals surface area (Å²) in [4.78, 5) is 42.8. The molecule has 0 radical (unpaired) electrons. The minimum atomic E-state index is -2.72. The number of halogens is 1. The standard InChI is InChI=1S/C29H36FN3O7/c1-28(2)7-5-6-8-33(28)12-14-11-17(34)19-15(21(14)30)9-13-10-16-22(32(3)4)24(36)20(27(31)39)26(38)29(16,40)25(37)18(13)23(19)35/h11,13,16,22,34,36-37,40H,5-10,12H2,1-4H3,(H2,31,39)/t13-,16-,22-,29-/m0/s1. The average Bonchev–Trinajstić information content (AvgIpc) is 2.85. The number of Topliss-reactive ketones (excluding diaryl/α,β-unsaturated/α-hetero) is 2. The van der Waals surface area contributed by atoms with Crippen LogP contribution < -0.4 is 5.73 Å². The van der Waals surface area contributed by atoms with Crippen molar-refractivity contribution in [3.63, 3.8) is 0 Å². The molecule has 6 N–H and O–H groups in total. The van der Waals surface area contributed by atoms with Crippen LogP contribution in [0.3, 0.4) is 0 Å². The lowest BCUT2D eigenvalue weighted by Gasteiger charge is -2.50. The molecule has 3 aliphatic carbocycles. The van der Waals surface area contributed by atoms with E-state index in [1.54, 1.807) is 14.1 Å². The Hall–Kier alpha value is -3.28. The fraction of sp³-hybridized carbons (Fsp3) is 0.552. The van der Waals surface area contributed by atoms with Gasteiger partial charge in [-0.3, -0.25) is 24.2 Å². The monoisotopic (exact) mass is 557 g/mol. The summed E-state index contributed by atoms with van der Waals surface area (Å²) >= 11 is 0. The van der Waals surface area contributed by atoms with Crippen LogP contribution in [-0.2, 0) is 22.6 Å². The van der Waals surface area contributed by atoms with Gasteiger partial charge in [-0.25, -0.2) is 4.39 Å². The number of carbonyl (C=O) groups is 3. The molecule has 1 fully saturated rings. The van der Waals surface area contributed by atoms with Gasteiger partial charge in [-0.15, -0.1) is 0 Å². The molecule has 4 aliphatic rings. The Morgan fingerprint density at radius 1 is 1.20 bits per heavy atom. The number of ketones is 2. The second-order valence-electron chi connectivity index (χ2n) is 12.4. The van der Waals surface area contributed by atoms with E-state index in [1.165, 1.54) is 11.0 Å². The topological polar surface area (TPSA) is 165 Å². The number of aliphatic hydroxyl groups excluding tert-OH is 2. The number of phenols is 1. The van der Waals surface area contributed by atoms with Crippen LogP contribution in [0.1, 0.15) is 61.0 Å². The summed E-state index contributed by atoms with van der Waals surface area (Å²) in [6, 6.07) is 0.130. The van der Waals surface area contributed by atoms with Crippen LogP contribution in [0.25, 0.3) is 0 Å². The summed E-state index contributed by atoms with van der Waals surface area (Å²) < 4.78 is 16.1. The molecule has 10 nitrogen and oxygen atoms in total. The van der Waals surface area contributed by atoms with E-state index in [4.69, 9.17) is 5.73 Å². The predicted octanol–water partition coefficient (Wildman–Crippen LogP) is 2.02. The minimum absolute atomic E-state index is 0.0166. The number of benzene rings is 1. The van der Waals surface area contributed by atoms with Gasteiger partial charge in [0.25, 0.3) is 5.91 Å². The first-order valence-corrected chi connectivity index (χ1v) is 13.6. The summed E-state index contributed by atoms with van der Waals surface area (Å²) in [6.45, 7) is 5.21. The van der Waals surface area contributed by atoms with Crippen molar-refractivity contribution in [1.29, 1.82) is 0 Å². The molecule has 216 valence electrons. The van der Waals surface area contributed by atoms with Crippen LogP contribution in [0.2, 0.25) is 0 Å². The van der Waals surface area contributed by atoms with Gasteiger partial charge in [-0.1, -0.05) is 6.42 Å². The zero-order valence-corrected chi connectivity index (χ0v) is 23.1. The number of piperidine rings is 1. The molecule has 0 saturated carbocycles. The fourth-order valence-corrected chi connectivity index (χ4v) is 7.29. The summed E-state index contributed by atoms with van der Waals surface area (Å²) in [7, 11) is 3.11. The lowest BCUT2D eigenvalue weighted by Crippen LogP contribution is -2.63. The van der Waals surface area contributed by atoms with Gasteiger partial charge in [0.05, 0.1) is 11.6 Å². The highest BCUT2D eigenvalue weighted by Crippen LogP contribution is 2.52. The van der Waals surface area contributed by atoms with Crippen molar-refractivity contribution >= 4 is 17.5 Å². The molecule has 11 heteroatoms. The summed E-state index contributed by atoms with van der Waals surface area (Å²) in [5, 5.41) is 44.8. The van der Waals surface area contributed by atoms with Crippen molar-refractivity contribution in [3.8, 4) is 5.75 Å². The number of aliphatic hydroxyl groups is 3. The van der Waals surface area contributed by atoms with E-state index in [0.717, 1.165) is 25.8 Å². The Morgan fingerprint density at radius 2 is 1.88 bits per heavy atom. The number of likely N-dealkylation sites (tertiary alicyclic amines) is 1. The molecule has 0 bridgehead atoms. The molecule has 40 heavy (non-hydrogen) atoms. The number of carbonyl (C=O) groups excluding carboxylic acids is 3. The number of allylic oxidation sites excluding steroid dienone is 1. The van der Waals surface area contributed by atoms with Gasteiger partial charge in [0.2, 0.25) is 5.78 Å². The number of likely N-dealkylation sites (N-methyl/N-ethyl adjacent to an activating group) is 1. The van der Waals surface area contributed by atoms with E-state index in [0.29, 0.717) is 0 Å². The van der Waals surface area contributed by atoms with Gasteiger partial charge < -0.3 is 26.2 Å². The van der Waals surface area contributed by atoms with Gasteiger partial charge >= 0.3 is 0 Å². The van der Waals surface area contributed by atoms with Gasteiger partial charge in [0.15, 0.2) is 11.4 Å². The molecule has 1 amide bonds. The molecule has 4 atom stereocenters. The predicted molar refractivity (Wildman–Crippen MR) is 142 cm³/mol. The van der Waals surface area contributed by atoms with E-state index in [2.05, 4.69) is 18.7 Å². The van der Waals surface area contributed by atoms with E-state index >= 15 is 4.39 Å². The Morgan fingerprint density at radius 3 is 2.48 bits per heavy atom. The number of fused-ring (bicyclic) bond motifs is 3. The number of hydrogen-bond donors (Lipinski definition) is 5. The molecule has 0 unspecified atom stereocenters. The van der Waals surface area contributed by atoms with E-state index < -0.39 is 69.6 Å². The highest BCUT2D eigenvalue weighted by molar-refractivity contribution is 6.24. The third-order valence-electron chi connectivity index (χ3n) is 9.41. The molecule has 1 heterocycles. The second-order valence-corrected chi connectivity index (χ2v) is 12.4. The van der Waals surface area contributed by atoms with Crippen LogP contribution in [0, 0.1) is 17.7 Å². The normalized spacial score (nSPS) is 30.3. The average molecular weight is 558 g/mol. The first kappa shape index (κ1) is 28.3. The van der Waals surface area contributed by atoms with Crippen molar-refractivity contribution < 1.29 is 39.2 Å². The summed E-state index contributed by atoms with van der Waals surface area (Å²) in [5.41, 5.74) is 1.24. The Balaban J connectivity index is 1.62. The second kappa shape index (κ2) is 9.39. The Kier molecular flexibility index (Phi) is 6.63. The largest absolute Gasteiger partial charge is 0.510 e. The molecule has 5 rings (SSSR count).